The Morgan fingerprint density at radius 1 is 1.35 bits per heavy atom. The molecule has 1 heterocycles. The maximum Gasteiger partial charge on any atom is 0.220 e. The van der Waals surface area contributed by atoms with Gasteiger partial charge in [0.2, 0.25) is 5.91 Å². The topological polar surface area (TPSA) is 50.4 Å². The number of methoxy groups -OCH3 is 1. The van der Waals surface area contributed by atoms with E-state index in [2.05, 4.69) is 17.6 Å². The molecule has 0 aliphatic carbocycles. The van der Waals surface area contributed by atoms with Crippen molar-refractivity contribution >= 4 is 18.3 Å². The molecule has 23 heavy (non-hydrogen) atoms. The van der Waals surface area contributed by atoms with Gasteiger partial charge in [0.1, 0.15) is 5.75 Å². The standard InChI is InChI=1S/C18H28N2O2.ClH/c1-14(15-7-10-19-11-8-15)13-18(21)20-12-9-16-5-3-4-6-17(16)22-2;/h3-6,14-15,19H,7-13H2,1-2H3,(H,20,21);1H. The van der Waals surface area contributed by atoms with Crippen LogP contribution < -0.4 is 15.4 Å². The first kappa shape index (κ1) is 19.8. The van der Waals surface area contributed by atoms with Crippen LogP contribution >= 0.6 is 12.4 Å². The van der Waals surface area contributed by atoms with Crippen molar-refractivity contribution < 1.29 is 9.53 Å². The van der Waals surface area contributed by atoms with Crippen LogP contribution in [0.3, 0.4) is 0 Å². The summed E-state index contributed by atoms with van der Waals surface area (Å²) >= 11 is 0. The lowest BCUT2D eigenvalue weighted by atomic mass is 9.84. The summed E-state index contributed by atoms with van der Waals surface area (Å²) in [6.07, 6.45) is 3.82. The molecule has 1 amide bonds. The summed E-state index contributed by atoms with van der Waals surface area (Å²) in [5.74, 6) is 2.20. The van der Waals surface area contributed by atoms with Gasteiger partial charge in [0, 0.05) is 13.0 Å². The van der Waals surface area contributed by atoms with Crippen LogP contribution in [0.2, 0.25) is 0 Å². The zero-order chi connectivity index (χ0) is 15.8. The lowest BCUT2D eigenvalue weighted by Crippen LogP contribution is -2.34. The molecule has 1 aliphatic heterocycles. The minimum absolute atomic E-state index is 0. The van der Waals surface area contributed by atoms with Crippen LogP contribution in [0, 0.1) is 11.8 Å². The van der Waals surface area contributed by atoms with Gasteiger partial charge in [0.05, 0.1) is 7.11 Å². The second kappa shape index (κ2) is 10.5. The molecular weight excluding hydrogens is 312 g/mol. The van der Waals surface area contributed by atoms with Crippen molar-refractivity contribution in [3.8, 4) is 5.75 Å². The number of para-hydroxylation sites is 1. The predicted octanol–water partition coefficient (Wildman–Crippen LogP) is 2.80. The number of nitrogens with one attached hydrogen (secondary N) is 2. The van der Waals surface area contributed by atoms with Gasteiger partial charge in [0.15, 0.2) is 0 Å². The van der Waals surface area contributed by atoms with Crippen LogP contribution in [0.1, 0.15) is 31.7 Å². The second-order valence-electron chi connectivity index (χ2n) is 6.18. The molecule has 0 bridgehead atoms. The highest BCUT2D eigenvalue weighted by Gasteiger charge is 2.21. The van der Waals surface area contributed by atoms with E-state index >= 15 is 0 Å². The molecule has 1 fully saturated rings. The average Bonchev–Trinajstić information content (AvgIpc) is 2.56. The molecule has 4 nitrogen and oxygen atoms in total. The van der Waals surface area contributed by atoms with Crippen LogP contribution in [-0.4, -0.2) is 32.7 Å². The molecule has 5 heteroatoms. The maximum atomic E-state index is 12.1. The Labute approximate surface area is 145 Å². The molecule has 2 N–H and O–H groups in total. The van der Waals surface area contributed by atoms with Gasteiger partial charge >= 0.3 is 0 Å². The molecule has 1 aromatic carbocycles. The summed E-state index contributed by atoms with van der Waals surface area (Å²) in [6.45, 7) is 5.04. The molecule has 1 aromatic rings. The number of carbonyl (C=O) groups is 1. The predicted molar refractivity (Wildman–Crippen MR) is 96.3 cm³/mol. The van der Waals surface area contributed by atoms with Crippen molar-refractivity contribution in [3.63, 3.8) is 0 Å². The summed E-state index contributed by atoms with van der Waals surface area (Å²) in [6, 6.07) is 7.96. The number of piperidine rings is 1. The van der Waals surface area contributed by atoms with Crippen molar-refractivity contribution in [3.05, 3.63) is 29.8 Å². The fraction of sp³-hybridized carbons (Fsp3) is 0.611. The van der Waals surface area contributed by atoms with Gasteiger partial charge in [-0.25, -0.2) is 0 Å². The Balaban J connectivity index is 0.00000264. The number of ether oxygens (including phenoxy) is 1. The number of hydrogen-bond donors (Lipinski definition) is 2. The minimum atomic E-state index is 0. The van der Waals surface area contributed by atoms with Gasteiger partial charge in [-0.3, -0.25) is 4.79 Å². The third-order valence-corrected chi connectivity index (χ3v) is 4.60. The Morgan fingerprint density at radius 2 is 2.04 bits per heavy atom. The third-order valence-electron chi connectivity index (χ3n) is 4.60. The van der Waals surface area contributed by atoms with Crippen molar-refractivity contribution in [1.82, 2.24) is 10.6 Å². The number of rotatable bonds is 7. The summed E-state index contributed by atoms with van der Waals surface area (Å²) in [5.41, 5.74) is 1.14. The van der Waals surface area contributed by atoms with E-state index in [4.69, 9.17) is 4.74 Å². The number of amides is 1. The Kier molecular flexibility index (Phi) is 9.03. The van der Waals surface area contributed by atoms with E-state index in [0.717, 1.165) is 30.8 Å². The van der Waals surface area contributed by atoms with Gasteiger partial charge in [0.25, 0.3) is 0 Å². The molecule has 130 valence electrons. The van der Waals surface area contributed by atoms with Crippen molar-refractivity contribution in [2.45, 2.75) is 32.6 Å². The highest BCUT2D eigenvalue weighted by molar-refractivity contribution is 5.85. The molecule has 1 saturated heterocycles. The first-order chi connectivity index (χ1) is 10.7. The Hall–Kier alpha value is -1.26. The SMILES string of the molecule is COc1ccccc1CCNC(=O)CC(C)C1CCNCC1.Cl. The van der Waals surface area contributed by atoms with Crippen molar-refractivity contribution in [1.29, 1.82) is 0 Å². The lowest BCUT2D eigenvalue weighted by Gasteiger charge is -2.27. The van der Waals surface area contributed by atoms with Crippen molar-refractivity contribution in [2.75, 3.05) is 26.7 Å². The van der Waals surface area contributed by atoms with E-state index in [1.54, 1.807) is 7.11 Å². The second-order valence-corrected chi connectivity index (χ2v) is 6.18. The zero-order valence-electron chi connectivity index (χ0n) is 14.1. The maximum absolute atomic E-state index is 12.1. The quantitative estimate of drug-likeness (QED) is 0.802. The molecule has 2 rings (SSSR count). The zero-order valence-corrected chi connectivity index (χ0v) is 15.0. The third kappa shape index (κ3) is 6.40. The number of benzene rings is 1. The smallest absolute Gasteiger partial charge is 0.220 e. The van der Waals surface area contributed by atoms with Crippen LogP contribution in [0.25, 0.3) is 0 Å². The largest absolute Gasteiger partial charge is 0.496 e. The average molecular weight is 341 g/mol. The molecule has 0 spiro atoms. The molecule has 1 unspecified atom stereocenters. The van der Waals surface area contributed by atoms with E-state index in [1.807, 2.05) is 24.3 Å². The highest BCUT2D eigenvalue weighted by atomic mass is 35.5. The highest BCUT2D eigenvalue weighted by Crippen LogP contribution is 2.24. The van der Waals surface area contributed by atoms with Gasteiger partial charge in [-0.15, -0.1) is 12.4 Å². The number of hydrogen-bond acceptors (Lipinski definition) is 3. The van der Waals surface area contributed by atoms with E-state index in [9.17, 15) is 4.79 Å². The summed E-state index contributed by atoms with van der Waals surface area (Å²) < 4.78 is 5.33. The van der Waals surface area contributed by atoms with Crippen LogP contribution in [0.15, 0.2) is 24.3 Å². The number of carbonyl (C=O) groups excluding carboxylic acids is 1. The minimum Gasteiger partial charge on any atom is -0.496 e. The molecule has 1 aliphatic rings. The molecular formula is C18H29ClN2O2. The van der Waals surface area contributed by atoms with Gasteiger partial charge in [-0.1, -0.05) is 25.1 Å². The molecule has 0 aromatic heterocycles. The van der Waals surface area contributed by atoms with E-state index in [-0.39, 0.29) is 18.3 Å². The Bertz CT molecular complexity index is 476. The fourth-order valence-corrected chi connectivity index (χ4v) is 3.19. The van der Waals surface area contributed by atoms with Gasteiger partial charge in [-0.05, 0) is 55.8 Å². The van der Waals surface area contributed by atoms with Crippen LogP contribution in [0.5, 0.6) is 5.75 Å². The summed E-state index contributed by atoms with van der Waals surface area (Å²) in [5, 5.41) is 6.42. The monoisotopic (exact) mass is 340 g/mol. The number of halogens is 1. The first-order valence-corrected chi connectivity index (χ1v) is 8.30. The lowest BCUT2D eigenvalue weighted by molar-refractivity contribution is -0.122. The van der Waals surface area contributed by atoms with Crippen LogP contribution in [0.4, 0.5) is 0 Å². The summed E-state index contributed by atoms with van der Waals surface area (Å²) in [4.78, 5) is 12.1. The van der Waals surface area contributed by atoms with E-state index in [1.165, 1.54) is 12.8 Å². The summed E-state index contributed by atoms with van der Waals surface area (Å²) in [7, 11) is 1.68. The fourth-order valence-electron chi connectivity index (χ4n) is 3.19. The van der Waals surface area contributed by atoms with E-state index in [0.29, 0.717) is 24.8 Å². The van der Waals surface area contributed by atoms with Crippen LogP contribution in [-0.2, 0) is 11.2 Å². The molecule has 0 saturated carbocycles. The molecule has 1 atom stereocenters. The van der Waals surface area contributed by atoms with E-state index < -0.39 is 0 Å². The van der Waals surface area contributed by atoms with Gasteiger partial charge in [-0.2, -0.15) is 0 Å². The normalized spacial score (nSPS) is 16.3. The van der Waals surface area contributed by atoms with Gasteiger partial charge < -0.3 is 15.4 Å². The molecule has 0 radical (unpaired) electrons. The first-order valence-electron chi connectivity index (χ1n) is 8.30. The Morgan fingerprint density at radius 3 is 2.74 bits per heavy atom. The van der Waals surface area contributed by atoms with Crippen molar-refractivity contribution in [2.24, 2.45) is 11.8 Å².